The molecule has 1 saturated carbocycles. The van der Waals surface area contributed by atoms with Crippen LogP contribution in [0, 0.1) is 0 Å². The third-order valence-corrected chi connectivity index (χ3v) is 7.12. The van der Waals surface area contributed by atoms with Crippen molar-refractivity contribution in [2.45, 2.75) is 63.2 Å². The lowest BCUT2D eigenvalue weighted by atomic mass is 10.1. The average Bonchev–Trinajstić information content (AvgIpc) is 3.14. The van der Waals surface area contributed by atoms with Crippen molar-refractivity contribution in [2.75, 3.05) is 40.3 Å². The van der Waals surface area contributed by atoms with Gasteiger partial charge in [0.05, 0.1) is 5.25 Å². The topological polar surface area (TPSA) is 94.1 Å². The summed E-state index contributed by atoms with van der Waals surface area (Å²) in [7, 11) is 0.0591. The Balaban J connectivity index is 2.04. The van der Waals surface area contributed by atoms with Gasteiger partial charge in [-0.05, 0) is 32.1 Å². The number of likely N-dealkylation sites (tertiary alicyclic amines) is 1. The summed E-state index contributed by atoms with van der Waals surface area (Å²) in [6.45, 7) is 4.02. The number of amides is 1. The van der Waals surface area contributed by atoms with Gasteiger partial charge in [-0.2, -0.15) is 0 Å². The van der Waals surface area contributed by atoms with Crippen LogP contribution in [0.25, 0.3) is 0 Å². The van der Waals surface area contributed by atoms with E-state index in [1.807, 2.05) is 4.90 Å². The van der Waals surface area contributed by atoms with Crippen LogP contribution in [0.1, 0.15) is 51.9 Å². The minimum Gasteiger partial charge on any atom is -0.356 e. The van der Waals surface area contributed by atoms with Gasteiger partial charge < -0.3 is 15.1 Å². The smallest absolute Gasteiger partial charge is 0.243 e. The lowest BCUT2D eigenvalue weighted by molar-refractivity contribution is -0.127. The first-order valence-electron chi connectivity index (χ1n) is 10.1. The molecule has 27 heavy (non-hydrogen) atoms. The number of guanidine groups is 1. The van der Waals surface area contributed by atoms with E-state index in [4.69, 9.17) is 0 Å². The van der Waals surface area contributed by atoms with Crippen LogP contribution in [0.4, 0.5) is 0 Å². The monoisotopic (exact) mass is 401 g/mol. The number of nitrogens with one attached hydrogen (secondary N) is 2. The molecule has 1 saturated heterocycles. The first-order valence-corrected chi connectivity index (χ1v) is 11.6. The number of aliphatic imine (C=N–C) groups is 1. The summed E-state index contributed by atoms with van der Waals surface area (Å²) in [5.41, 5.74) is 0. The van der Waals surface area contributed by atoms with Crippen LogP contribution < -0.4 is 10.0 Å². The number of piperidine rings is 1. The van der Waals surface area contributed by atoms with Crippen molar-refractivity contribution < 1.29 is 13.2 Å². The van der Waals surface area contributed by atoms with E-state index in [1.165, 1.54) is 4.90 Å². The van der Waals surface area contributed by atoms with Crippen molar-refractivity contribution in [1.29, 1.82) is 0 Å². The average molecular weight is 402 g/mol. The third kappa shape index (κ3) is 6.64. The number of rotatable bonds is 7. The van der Waals surface area contributed by atoms with Gasteiger partial charge in [0.1, 0.15) is 6.54 Å². The number of likely N-dealkylation sites (N-methyl/N-ethyl adjacent to an activating group) is 1. The maximum Gasteiger partial charge on any atom is 0.243 e. The maximum absolute atomic E-state index is 12.8. The summed E-state index contributed by atoms with van der Waals surface area (Å²) in [4.78, 5) is 19.8. The summed E-state index contributed by atoms with van der Waals surface area (Å²) in [5.74, 6) is 0.558. The molecule has 2 rings (SSSR count). The highest BCUT2D eigenvalue weighted by atomic mass is 32.2. The normalized spacial score (nSPS) is 22.1. The van der Waals surface area contributed by atoms with E-state index in [9.17, 15) is 13.2 Å². The molecule has 2 aliphatic rings. The zero-order valence-corrected chi connectivity index (χ0v) is 17.7. The van der Waals surface area contributed by atoms with E-state index in [1.54, 1.807) is 14.1 Å². The Morgan fingerprint density at radius 2 is 1.89 bits per heavy atom. The molecule has 0 aromatic rings. The van der Waals surface area contributed by atoms with E-state index in [2.05, 4.69) is 22.0 Å². The van der Waals surface area contributed by atoms with Crippen molar-refractivity contribution >= 4 is 21.9 Å². The zero-order chi connectivity index (χ0) is 19.9. The molecule has 9 heteroatoms. The molecule has 8 nitrogen and oxygen atoms in total. The number of hydrogen-bond acceptors (Lipinski definition) is 4. The molecule has 0 aromatic heterocycles. The fourth-order valence-corrected chi connectivity index (χ4v) is 5.29. The van der Waals surface area contributed by atoms with Crippen LogP contribution in [0.15, 0.2) is 4.99 Å². The van der Waals surface area contributed by atoms with Gasteiger partial charge in [-0.1, -0.05) is 19.8 Å². The molecular formula is C18H35N5O3S. The van der Waals surface area contributed by atoms with E-state index in [-0.39, 0.29) is 18.5 Å². The Labute approximate surface area is 163 Å². The lowest BCUT2D eigenvalue weighted by Gasteiger charge is -2.35. The summed E-state index contributed by atoms with van der Waals surface area (Å²) >= 11 is 0. The number of sulfonamides is 1. The molecule has 1 aliphatic heterocycles. The standard InChI is InChI=1S/C18H35N5O3S/c1-4-11-19-18(20-13-17(24)22(2)3)23-12-7-10-16(14-23)27(25,26)21-15-8-5-6-9-15/h15-16,21H,4-14H2,1-3H3,(H,19,20). The highest BCUT2D eigenvalue weighted by Gasteiger charge is 2.34. The molecule has 1 unspecified atom stereocenters. The lowest BCUT2D eigenvalue weighted by Crippen LogP contribution is -2.53. The van der Waals surface area contributed by atoms with Crippen LogP contribution in [0.3, 0.4) is 0 Å². The van der Waals surface area contributed by atoms with E-state index < -0.39 is 15.3 Å². The minimum atomic E-state index is -3.35. The zero-order valence-electron chi connectivity index (χ0n) is 16.9. The summed E-state index contributed by atoms with van der Waals surface area (Å²) in [6, 6.07) is 0.0921. The number of hydrogen-bond donors (Lipinski definition) is 2. The number of carbonyl (C=O) groups excluding carboxylic acids is 1. The molecule has 0 radical (unpaired) electrons. The molecule has 1 aliphatic carbocycles. The Kier molecular flexibility index (Phi) is 8.34. The van der Waals surface area contributed by atoms with Gasteiger partial charge in [-0.3, -0.25) is 4.79 Å². The first kappa shape index (κ1) is 21.9. The van der Waals surface area contributed by atoms with Gasteiger partial charge in [0.15, 0.2) is 5.96 Å². The molecule has 2 fully saturated rings. The summed E-state index contributed by atoms with van der Waals surface area (Å²) < 4.78 is 28.6. The molecule has 156 valence electrons. The second-order valence-corrected chi connectivity index (χ2v) is 9.70. The Hall–Kier alpha value is -1.35. The molecule has 0 spiro atoms. The second kappa shape index (κ2) is 10.3. The molecule has 2 N–H and O–H groups in total. The molecule has 0 bridgehead atoms. The fraction of sp³-hybridized carbons (Fsp3) is 0.889. The highest BCUT2D eigenvalue weighted by Crippen LogP contribution is 2.22. The van der Waals surface area contributed by atoms with Gasteiger partial charge in [-0.25, -0.2) is 18.1 Å². The Morgan fingerprint density at radius 3 is 2.52 bits per heavy atom. The molecule has 1 amide bonds. The van der Waals surface area contributed by atoms with Gasteiger partial charge in [0.25, 0.3) is 0 Å². The van der Waals surface area contributed by atoms with Crippen molar-refractivity contribution in [3.05, 3.63) is 0 Å². The first-order chi connectivity index (χ1) is 12.8. The maximum atomic E-state index is 12.8. The minimum absolute atomic E-state index is 0.0628. The van der Waals surface area contributed by atoms with E-state index in [0.29, 0.717) is 18.9 Å². The van der Waals surface area contributed by atoms with Gasteiger partial charge >= 0.3 is 0 Å². The van der Waals surface area contributed by atoms with Gasteiger partial charge in [-0.15, -0.1) is 0 Å². The largest absolute Gasteiger partial charge is 0.356 e. The van der Waals surface area contributed by atoms with Crippen LogP contribution in [-0.2, 0) is 14.8 Å². The molecule has 1 atom stereocenters. The van der Waals surface area contributed by atoms with Crippen LogP contribution >= 0.6 is 0 Å². The van der Waals surface area contributed by atoms with Crippen molar-refractivity contribution in [2.24, 2.45) is 4.99 Å². The Morgan fingerprint density at radius 1 is 1.19 bits per heavy atom. The summed E-state index contributed by atoms with van der Waals surface area (Å²) in [5, 5.41) is 2.83. The van der Waals surface area contributed by atoms with Crippen LogP contribution in [0.5, 0.6) is 0 Å². The quantitative estimate of drug-likeness (QED) is 0.485. The van der Waals surface area contributed by atoms with Gasteiger partial charge in [0.2, 0.25) is 15.9 Å². The second-order valence-electron chi connectivity index (χ2n) is 7.71. The number of nitrogens with zero attached hydrogens (tertiary/aromatic N) is 3. The highest BCUT2D eigenvalue weighted by molar-refractivity contribution is 7.90. The van der Waals surface area contributed by atoms with Crippen LogP contribution in [0.2, 0.25) is 0 Å². The fourth-order valence-electron chi connectivity index (χ4n) is 3.54. The van der Waals surface area contributed by atoms with E-state index in [0.717, 1.165) is 51.6 Å². The Bertz CT molecular complexity index is 614. The summed E-state index contributed by atoms with van der Waals surface area (Å²) in [6.07, 6.45) is 6.46. The molecular weight excluding hydrogens is 366 g/mol. The van der Waals surface area contributed by atoms with Crippen molar-refractivity contribution in [1.82, 2.24) is 19.8 Å². The predicted molar refractivity (Wildman–Crippen MR) is 108 cm³/mol. The van der Waals surface area contributed by atoms with Gasteiger partial charge in [0, 0.05) is 39.8 Å². The SMILES string of the molecule is CCCNC(=NCC(=O)N(C)C)N1CCCC(S(=O)(=O)NC2CCCC2)C1. The van der Waals surface area contributed by atoms with E-state index >= 15 is 0 Å². The van der Waals surface area contributed by atoms with Crippen molar-refractivity contribution in [3.63, 3.8) is 0 Å². The predicted octanol–water partition coefficient (Wildman–Crippen LogP) is 0.757. The molecule has 1 heterocycles. The third-order valence-electron chi connectivity index (χ3n) is 5.20. The molecule has 0 aromatic carbocycles. The number of carbonyl (C=O) groups is 1. The van der Waals surface area contributed by atoms with Crippen molar-refractivity contribution in [3.8, 4) is 0 Å². The van der Waals surface area contributed by atoms with Crippen LogP contribution in [-0.4, -0.2) is 81.7 Å².